The maximum atomic E-state index is 14.0. The van der Waals surface area contributed by atoms with Crippen molar-refractivity contribution in [2.24, 2.45) is 0 Å². The van der Waals surface area contributed by atoms with Crippen molar-refractivity contribution in [3.63, 3.8) is 0 Å². The van der Waals surface area contributed by atoms with E-state index in [1.165, 1.54) is 0 Å². The SMILES string of the molecule is CCCCN(c1nc(NC)c(F)cc1F)C(C)CC. The number of unbranched alkanes of at least 4 members (excludes halogenated alkanes) is 1. The number of hydrogen-bond acceptors (Lipinski definition) is 3. The molecule has 0 aliphatic rings. The van der Waals surface area contributed by atoms with Gasteiger partial charge < -0.3 is 10.2 Å². The highest BCUT2D eigenvalue weighted by Crippen LogP contribution is 2.25. The number of hydrogen-bond donors (Lipinski definition) is 1. The molecule has 1 aromatic heterocycles. The Labute approximate surface area is 114 Å². The molecule has 1 N–H and O–H groups in total. The maximum absolute atomic E-state index is 14.0. The lowest BCUT2D eigenvalue weighted by molar-refractivity contribution is 0.541. The summed E-state index contributed by atoms with van der Waals surface area (Å²) >= 11 is 0. The van der Waals surface area contributed by atoms with Crippen LogP contribution in [0.3, 0.4) is 0 Å². The molecule has 3 nitrogen and oxygen atoms in total. The third-order valence-electron chi connectivity index (χ3n) is 3.30. The first-order valence-electron chi connectivity index (χ1n) is 6.85. The number of rotatable bonds is 7. The van der Waals surface area contributed by atoms with E-state index in [1.54, 1.807) is 7.05 Å². The van der Waals surface area contributed by atoms with Crippen LogP contribution in [0.15, 0.2) is 6.07 Å². The second kappa shape index (κ2) is 7.26. The highest BCUT2D eigenvalue weighted by Gasteiger charge is 2.20. The fourth-order valence-electron chi connectivity index (χ4n) is 1.92. The van der Waals surface area contributed by atoms with Gasteiger partial charge in [-0.1, -0.05) is 20.3 Å². The van der Waals surface area contributed by atoms with Crippen LogP contribution in [0.5, 0.6) is 0 Å². The van der Waals surface area contributed by atoms with E-state index in [0.717, 1.165) is 31.9 Å². The van der Waals surface area contributed by atoms with Crippen LogP contribution in [0, 0.1) is 11.6 Å². The second-order valence-electron chi connectivity index (χ2n) is 4.68. The van der Waals surface area contributed by atoms with Crippen LogP contribution < -0.4 is 10.2 Å². The number of nitrogens with zero attached hydrogens (tertiary/aromatic N) is 2. The van der Waals surface area contributed by atoms with Crippen molar-refractivity contribution in [3.05, 3.63) is 17.7 Å². The van der Waals surface area contributed by atoms with Crippen LogP contribution >= 0.6 is 0 Å². The van der Waals surface area contributed by atoms with Crippen molar-refractivity contribution < 1.29 is 8.78 Å². The Kier molecular flexibility index (Phi) is 5.99. The zero-order valence-electron chi connectivity index (χ0n) is 12.1. The van der Waals surface area contributed by atoms with Gasteiger partial charge >= 0.3 is 0 Å². The minimum absolute atomic E-state index is 0.0844. The smallest absolute Gasteiger partial charge is 0.168 e. The fraction of sp³-hybridized carbons (Fsp3) is 0.643. The van der Waals surface area contributed by atoms with Gasteiger partial charge in [-0.05, 0) is 19.8 Å². The van der Waals surface area contributed by atoms with E-state index in [9.17, 15) is 8.78 Å². The standard InChI is InChI=1S/C14H23F2N3/c1-5-7-8-19(10(3)6-2)14-12(16)9-11(15)13(17-4)18-14/h9-10H,5-8H2,1-4H3,(H,17,18). The molecule has 0 spiro atoms. The van der Waals surface area contributed by atoms with Gasteiger partial charge in [0.15, 0.2) is 23.3 Å². The molecule has 0 bridgehead atoms. The zero-order valence-corrected chi connectivity index (χ0v) is 12.1. The number of anilines is 2. The zero-order chi connectivity index (χ0) is 14.4. The van der Waals surface area contributed by atoms with Crippen molar-refractivity contribution in [2.75, 3.05) is 23.8 Å². The summed E-state index contributed by atoms with van der Waals surface area (Å²) in [5, 5.41) is 2.65. The quantitative estimate of drug-likeness (QED) is 0.817. The molecule has 0 radical (unpaired) electrons. The van der Waals surface area contributed by atoms with Crippen LogP contribution in [0.25, 0.3) is 0 Å². The molecule has 1 rings (SSSR count). The number of nitrogens with one attached hydrogen (secondary N) is 1. The molecule has 19 heavy (non-hydrogen) atoms. The van der Waals surface area contributed by atoms with Crippen LogP contribution in [0.1, 0.15) is 40.0 Å². The first-order valence-corrected chi connectivity index (χ1v) is 6.85. The van der Waals surface area contributed by atoms with Gasteiger partial charge in [0.25, 0.3) is 0 Å². The van der Waals surface area contributed by atoms with E-state index in [2.05, 4.69) is 17.2 Å². The minimum Gasteiger partial charge on any atom is -0.371 e. The van der Waals surface area contributed by atoms with Gasteiger partial charge in [0.05, 0.1) is 0 Å². The number of aromatic nitrogens is 1. The summed E-state index contributed by atoms with van der Waals surface area (Å²) in [6.07, 6.45) is 2.86. The Balaban J connectivity index is 3.13. The number of pyridine rings is 1. The molecule has 0 aliphatic heterocycles. The Hall–Kier alpha value is -1.39. The third kappa shape index (κ3) is 3.78. The summed E-state index contributed by atoms with van der Waals surface area (Å²) < 4.78 is 27.4. The summed E-state index contributed by atoms with van der Waals surface area (Å²) in [5.74, 6) is -0.953. The Morgan fingerprint density at radius 1 is 1.32 bits per heavy atom. The largest absolute Gasteiger partial charge is 0.371 e. The van der Waals surface area contributed by atoms with Gasteiger partial charge in [-0.3, -0.25) is 0 Å². The maximum Gasteiger partial charge on any atom is 0.168 e. The fourth-order valence-corrected chi connectivity index (χ4v) is 1.92. The van der Waals surface area contributed by atoms with E-state index in [4.69, 9.17) is 0 Å². The van der Waals surface area contributed by atoms with Gasteiger partial charge in [0.2, 0.25) is 0 Å². The molecular weight excluding hydrogens is 248 g/mol. The first-order chi connectivity index (χ1) is 9.04. The lowest BCUT2D eigenvalue weighted by Crippen LogP contribution is -2.35. The van der Waals surface area contributed by atoms with E-state index < -0.39 is 11.6 Å². The van der Waals surface area contributed by atoms with E-state index in [-0.39, 0.29) is 17.7 Å². The Morgan fingerprint density at radius 3 is 2.53 bits per heavy atom. The molecule has 108 valence electrons. The molecular formula is C14H23F2N3. The molecule has 1 unspecified atom stereocenters. The van der Waals surface area contributed by atoms with Gasteiger partial charge in [0.1, 0.15) is 0 Å². The van der Waals surface area contributed by atoms with E-state index >= 15 is 0 Å². The summed E-state index contributed by atoms with van der Waals surface area (Å²) in [7, 11) is 1.58. The Morgan fingerprint density at radius 2 is 2.00 bits per heavy atom. The molecule has 0 amide bonds. The van der Waals surface area contributed by atoms with E-state index in [0.29, 0.717) is 0 Å². The lowest BCUT2D eigenvalue weighted by Gasteiger charge is -2.30. The molecule has 0 aromatic carbocycles. The lowest BCUT2D eigenvalue weighted by atomic mass is 10.2. The molecule has 1 heterocycles. The van der Waals surface area contributed by atoms with Crippen LogP contribution in [-0.4, -0.2) is 24.6 Å². The second-order valence-corrected chi connectivity index (χ2v) is 4.68. The third-order valence-corrected chi connectivity index (χ3v) is 3.30. The summed E-state index contributed by atoms with van der Waals surface area (Å²) in [6, 6.07) is 1.07. The predicted octanol–water partition coefficient (Wildman–Crippen LogP) is 3.81. The predicted molar refractivity (Wildman–Crippen MR) is 75.7 cm³/mol. The van der Waals surface area contributed by atoms with Crippen molar-refractivity contribution >= 4 is 11.6 Å². The van der Waals surface area contributed by atoms with Crippen LogP contribution in [0.2, 0.25) is 0 Å². The topological polar surface area (TPSA) is 28.2 Å². The number of halogens is 2. The monoisotopic (exact) mass is 271 g/mol. The highest BCUT2D eigenvalue weighted by atomic mass is 19.1. The van der Waals surface area contributed by atoms with E-state index in [1.807, 2.05) is 18.7 Å². The molecule has 1 atom stereocenters. The van der Waals surface area contributed by atoms with Gasteiger partial charge in [-0.15, -0.1) is 0 Å². The molecule has 0 saturated carbocycles. The van der Waals surface area contributed by atoms with Gasteiger partial charge in [-0.2, -0.15) is 0 Å². The normalized spacial score (nSPS) is 12.3. The molecule has 0 saturated heterocycles. The van der Waals surface area contributed by atoms with Crippen molar-refractivity contribution in [1.29, 1.82) is 0 Å². The molecule has 0 fully saturated rings. The average Bonchev–Trinajstić information content (AvgIpc) is 2.40. The summed E-state index contributed by atoms with van der Waals surface area (Å²) in [4.78, 5) is 5.99. The van der Waals surface area contributed by atoms with Crippen LogP contribution in [-0.2, 0) is 0 Å². The first kappa shape index (κ1) is 15.7. The minimum atomic E-state index is -0.664. The molecule has 5 heteroatoms. The van der Waals surface area contributed by atoms with Crippen molar-refractivity contribution in [2.45, 2.75) is 46.1 Å². The summed E-state index contributed by atoms with van der Waals surface area (Å²) in [5.41, 5.74) is 0. The van der Waals surface area contributed by atoms with Gasteiger partial charge in [0, 0.05) is 25.7 Å². The average molecular weight is 271 g/mol. The van der Waals surface area contributed by atoms with Gasteiger partial charge in [-0.25, -0.2) is 13.8 Å². The van der Waals surface area contributed by atoms with Crippen LogP contribution in [0.4, 0.5) is 20.4 Å². The Bertz CT molecular complexity index is 410. The molecule has 1 aromatic rings. The summed E-state index contributed by atoms with van der Waals surface area (Å²) in [6.45, 7) is 6.88. The van der Waals surface area contributed by atoms with Crippen molar-refractivity contribution in [1.82, 2.24) is 4.98 Å². The highest BCUT2D eigenvalue weighted by molar-refractivity contribution is 5.49. The van der Waals surface area contributed by atoms with Crippen molar-refractivity contribution in [3.8, 4) is 0 Å². The molecule has 0 aliphatic carbocycles.